The van der Waals surface area contributed by atoms with Crippen LogP contribution in [0, 0.1) is 5.82 Å². The van der Waals surface area contributed by atoms with E-state index in [0.29, 0.717) is 44.5 Å². The van der Waals surface area contributed by atoms with Crippen molar-refractivity contribution in [3.05, 3.63) is 23.5 Å². The zero-order valence-electron chi connectivity index (χ0n) is 13.4. The van der Waals surface area contributed by atoms with E-state index in [1.165, 1.54) is 19.2 Å². The summed E-state index contributed by atoms with van der Waals surface area (Å²) in [6, 6.07) is 2.84. The molecule has 0 spiro atoms. The van der Waals surface area contributed by atoms with E-state index in [2.05, 4.69) is 16.0 Å². The van der Waals surface area contributed by atoms with Crippen molar-refractivity contribution in [3.63, 3.8) is 0 Å². The number of ether oxygens (including phenoxy) is 1. The second-order valence-electron chi connectivity index (χ2n) is 5.94. The number of carbonyl (C=O) groups is 2. The normalized spacial score (nSPS) is 18.8. The van der Waals surface area contributed by atoms with Gasteiger partial charge < -0.3 is 20.7 Å². The molecule has 2 aliphatic rings. The molecule has 3 N–H and O–H groups in total. The Morgan fingerprint density at radius 3 is 2.67 bits per heavy atom. The van der Waals surface area contributed by atoms with Gasteiger partial charge in [0, 0.05) is 19.2 Å². The fraction of sp³-hybridized carbons (Fsp3) is 0.500. The Kier molecular flexibility index (Phi) is 5.79. The second kappa shape index (κ2) is 7.46. The highest BCUT2D eigenvalue weighted by molar-refractivity contribution is 5.99. The van der Waals surface area contributed by atoms with Crippen LogP contribution in [0.4, 0.5) is 15.8 Å². The average Bonchev–Trinajstić information content (AvgIpc) is 2.56. The molecule has 3 rings (SSSR count). The Morgan fingerprint density at radius 2 is 2.00 bits per heavy atom. The summed E-state index contributed by atoms with van der Waals surface area (Å²) in [7, 11) is 1.49. The van der Waals surface area contributed by atoms with Gasteiger partial charge in [0.25, 0.3) is 5.91 Å². The maximum absolute atomic E-state index is 14.3. The first-order chi connectivity index (χ1) is 11.0. The van der Waals surface area contributed by atoms with Gasteiger partial charge in [-0.2, -0.15) is 0 Å². The lowest BCUT2D eigenvalue weighted by atomic mass is 9.91. The zero-order valence-corrected chi connectivity index (χ0v) is 14.2. The average molecular weight is 358 g/mol. The van der Waals surface area contributed by atoms with E-state index in [1.54, 1.807) is 0 Å². The first-order valence-corrected chi connectivity index (χ1v) is 7.74. The fourth-order valence-electron chi connectivity index (χ4n) is 3.09. The van der Waals surface area contributed by atoms with Crippen molar-refractivity contribution in [1.29, 1.82) is 0 Å². The van der Waals surface area contributed by atoms with Crippen molar-refractivity contribution in [2.45, 2.75) is 31.3 Å². The lowest BCUT2D eigenvalue weighted by Gasteiger charge is -2.34. The third kappa shape index (κ3) is 3.53. The Hall–Kier alpha value is -1.70. The summed E-state index contributed by atoms with van der Waals surface area (Å²) in [5.41, 5.74) is 0.403. The van der Waals surface area contributed by atoms with Crippen molar-refractivity contribution >= 4 is 35.6 Å². The van der Waals surface area contributed by atoms with Crippen molar-refractivity contribution in [2.24, 2.45) is 0 Å². The minimum atomic E-state index is -0.948. The molecule has 0 bridgehead atoms. The van der Waals surface area contributed by atoms with Crippen LogP contribution in [-0.2, 0) is 20.7 Å². The van der Waals surface area contributed by atoms with Crippen molar-refractivity contribution in [2.75, 3.05) is 30.8 Å². The van der Waals surface area contributed by atoms with Gasteiger partial charge in [0.05, 0.1) is 5.69 Å². The summed E-state index contributed by atoms with van der Waals surface area (Å²) >= 11 is 0. The van der Waals surface area contributed by atoms with E-state index in [4.69, 9.17) is 4.74 Å². The summed E-state index contributed by atoms with van der Waals surface area (Å²) < 4.78 is 19.7. The van der Waals surface area contributed by atoms with Gasteiger partial charge in [-0.1, -0.05) is 0 Å². The first kappa shape index (κ1) is 18.6. The lowest BCUT2D eigenvalue weighted by molar-refractivity contribution is -0.140. The molecule has 132 valence electrons. The minimum Gasteiger partial charge on any atom is -0.368 e. The van der Waals surface area contributed by atoms with Crippen LogP contribution in [0.3, 0.4) is 0 Å². The Morgan fingerprint density at radius 1 is 1.29 bits per heavy atom. The van der Waals surface area contributed by atoms with Crippen molar-refractivity contribution < 1.29 is 18.7 Å². The van der Waals surface area contributed by atoms with E-state index in [0.717, 1.165) is 5.56 Å². The molecule has 6 nitrogen and oxygen atoms in total. The third-order valence-electron chi connectivity index (χ3n) is 4.55. The summed E-state index contributed by atoms with van der Waals surface area (Å²) in [6.07, 6.45) is 1.90. The Balaban J connectivity index is 0.00000208. The number of nitrogens with one attached hydrogen (secondary N) is 3. The van der Waals surface area contributed by atoms with Gasteiger partial charge in [-0.05, 0) is 50.0 Å². The van der Waals surface area contributed by atoms with Crippen LogP contribution in [0.1, 0.15) is 24.8 Å². The zero-order chi connectivity index (χ0) is 16.4. The molecule has 1 saturated heterocycles. The number of carbonyl (C=O) groups excluding carboxylic acids is 2. The number of benzene rings is 1. The molecule has 1 aromatic rings. The van der Waals surface area contributed by atoms with E-state index < -0.39 is 11.4 Å². The van der Waals surface area contributed by atoms with Crippen molar-refractivity contribution in [3.8, 4) is 0 Å². The molecule has 2 heterocycles. The number of aryl methyl sites for hydroxylation is 1. The summed E-state index contributed by atoms with van der Waals surface area (Å²) in [6.45, 7) is 1.34. The van der Waals surface area contributed by atoms with Crippen molar-refractivity contribution in [1.82, 2.24) is 5.32 Å². The molecule has 8 heteroatoms. The highest BCUT2D eigenvalue weighted by atomic mass is 35.5. The Bertz CT molecular complexity index is 648. The number of fused-ring (bicyclic) bond motifs is 1. The van der Waals surface area contributed by atoms with Gasteiger partial charge in [0.1, 0.15) is 11.4 Å². The van der Waals surface area contributed by atoms with Crippen LogP contribution < -0.4 is 16.0 Å². The molecule has 24 heavy (non-hydrogen) atoms. The van der Waals surface area contributed by atoms with Gasteiger partial charge in [-0.25, -0.2) is 4.39 Å². The standard InChI is InChI=1S/C16H20FN3O3.ClH/c1-23-16(4-6-18-7-5-16)15(22)20-13-9-12-10(8-11(13)17)2-3-14(21)19-12;/h8-9,18H,2-7H2,1H3,(H,19,21)(H,20,22);1H. The van der Waals surface area contributed by atoms with E-state index in [9.17, 15) is 14.0 Å². The van der Waals surface area contributed by atoms with Gasteiger partial charge >= 0.3 is 0 Å². The van der Waals surface area contributed by atoms with Gasteiger partial charge in [0.15, 0.2) is 0 Å². The predicted molar refractivity (Wildman–Crippen MR) is 91.1 cm³/mol. The largest absolute Gasteiger partial charge is 0.368 e. The molecule has 0 aromatic heterocycles. The van der Waals surface area contributed by atoms with Gasteiger partial charge in [0.2, 0.25) is 5.91 Å². The lowest BCUT2D eigenvalue weighted by Crippen LogP contribution is -2.51. The molecule has 0 saturated carbocycles. The molecule has 2 aliphatic heterocycles. The minimum absolute atomic E-state index is 0. The van der Waals surface area contributed by atoms with E-state index >= 15 is 0 Å². The first-order valence-electron chi connectivity index (χ1n) is 7.74. The number of halogens is 2. The Labute approximate surface area is 145 Å². The molecular formula is C16H21ClFN3O3. The van der Waals surface area contributed by atoms with Crippen LogP contribution >= 0.6 is 12.4 Å². The summed E-state index contributed by atoms with van der Waals surface area (Å²) in [5.74, 6) is -0.968. The molecule has 1 fully saturated rings. The van der Waals surface area contributed by atoms with Crippen LogP contribution in [0.25, 0.3) is 0 Å². The smallest absolute Gasteiger partial charge is 0.256 e. The maximum Gasteiger partial charge on any atom is 0.256 e. The predicted octanol–water partition coefficient (Wildman–Crippen LogP) is 1.84. The monoisotopic (exact) mass is 357 g/mol. The number of hydrogen-bond acceptors (Lipinski definition) is 4. The topological polar surface area (TPSA) is 79.5 Å². The summed E-state index contributed by atoms with van der Waals surface area (Å²) in [5, 5.41) is 8.49. The number of methoxy groups -OCH3 is 1. The molecule has 1 aromatic carbocycles. The quantitative estimate of drug-likeness (QED) is 0.771. The fourth-order valence-corrected chi connectivity index (χ4v) is 3.09. The number of piperidine rings is 1. The van der Waals surface area contributed by atoms with Crippen LogP contribution in [-0.4, -0.2) is 37.6 Å². The number of anilines is 2. The van der Waals surface area contributed by atoms with E-state index in [1.807, 2.05) is 0 Å². The summed E-state index contributed by atoms with van der Waals surface area (Å²) in [4.78, 5) is 24.1. The van der Waals surface area contributed by atoms with Crippen LogP contribution in [0.15, 0.2) is 12.1 Å². The highest BCUT2D eigenvalue weighted by Crippen LogP contribution is 2.30. The van der Waals surface area contributed by atoms with Gasteiger partial charge in [-0.15, -0.1) is 12.4 Å². The van der Waals surface area contributed by atoms with Gasteiger partial charge in [-0.3, -0.25) is 9.59 Å². The number of rotatable bonds is 3. The van der Waals surface area contributed by atoms with Crippen LogP contribution in [0.5, 0.6) is 0 Å². The van der Waals surface area contributed by atoms with Crippen LogP contribution in [0.2, 0.25) is 0 Å². The number of hydrogen-bond donors (Lipinski definition) is 3. The number of amides is 2. The molecular weight excluding hydrogens is 337 g/mol. The van der Waals surface area contributed by atoms with E-state index in [-0.39, 0.29) is 29.9 Å². The molecule has 0 radical (unpaired) electrons. The molecule has 0 unspecified atom stereocenters. The third-order valence-corrected chi connectivity index (χ3v) is 4.55. The second-order valence-corrected chi connectivity index (χ2v) is 5.94. The SMILES string of the molecule is COC1(C(=O)Nc2cc3c(cc2F)CCC(=O)N3)CCNCC1.Cl. The molecule has 0 atom stereocenters. The molecule has 2 amide bonds. The highest BCUT2D eigenvalue weighted by Gasteiger charge is 2.40. The maximum atomic E-state index is 14.3. The molecule has 0 aliphatic carbocycles.